The molecule has 1 atom stereocenters. The maximum Gasteiger partial charge on any atom is 0.222 e. The van der Waals surface area contributed by atoms with Gasteiger partial charge in [-0.2, -0.15) is 0 Å². The third-order valence-electron chi connectivity index (χ3n) is 3.41. The first-order chi connectivity index (χ1) is 9.15. The largest absolute Gasteiger partial charge is 0.399 e. The zero-order valence-corrected chi connectivity index (χ0v) is 11.5. The highest BCUT2D eigenvalue weighted by Gasteiger charge is 2.19. The van der Waals surface area contributed by atoms with Gasteiger partial charge in [0.05, 0.1) is 6.10 Å². The van der Waals surface area contributed by atoms with Gasteiger partial charge in [-0.15, -0.1) is 0 Å². The van der Waals surface area contributed by atoms with Crippen LogP contribution in [0.15, 0.2) is 24.3 Å². The molecule has 0 spiro atoms. The Morgan fingerprint density at radius 2 is 2.16 bits per heavy atom. The first-order valence-electron chi connectivity index (χ1n) is 6.89. The molecule has 1 heterocycles. The summed E-state index contributed by atoms with van der Waals surface area (Å²) in [5, 5.41) is 0. The van der Waals surface area contributed by atoms with E-state index in [1.54, 1.807) is 0 Å². The average Bonchev–Trinajstić information content (AvgIpc) is 2.62. The van der Waals surface area contributed by atoms with Gasteiger partial charge in [-0.05, 0) is 37.5 Å². The second-order valence-corrected chi connectivity index (χ2v) is 5.12. The van der Waals surface area contributed by atoms with E-state index in [2.05, 4.69) is 0 Å². The van der Waals surface area contributed by atoms with Gasteiger partial charge in [-0.25, -0.2) is 0 Å². The van der Waals surface area contributed by atoms with Crippen molar-refractivity contribution in [2.75, 3.05) is 25.4 Å². The van der Waals surface area contributed by atoms with Gasteiger partial charge in [0.15, 0.2) is 0 Å². The normalized spacial score (nSPS) is 20.1. The SMILES string of the molecule is CC1CN(C(=O)CCc2ccc(N)cc2)CCCO1. The minimum atomic E-state index is 0.142. The standard InChI is InChI=1S/C15H22N2O2/c1-12-11-17(9-2-10-19-12)15(18)8-5-13-3-6-14(16)7-4-13/h3-4,6-7,12H,2,5,8-11,16H2,1H3. The first kappa shape index (κ1) is 13.9. The molecule has 0 saturated carbocycles. The monoisotopic (exact) mass is 262 g/mol. The van der Waals surface area contributed by atoms with Crippen molar-refractivity contribution in [2.45, 2.75) is 32.3 Å². The number of hydrogen-bond acceptors (Lipinski definition) is 3. The van der Waals surface area contributed by atoms with Gasteiger partial charge in [-0.1, -0.05) is 12.1 Å². The van der Waals surface area contributed by atoms with Crippen LogP contribution in [0.1, 0.15) is 25.3 Å². The van der Waals surface area contributed by atoms with Gasteiger partial charge in [-0.3, -0.25) is 4.79 Å². The molecule has 4 heteroatoms. The Morgan fingerprint density at radius 1 is 1.42 bits per heavy atom. The summed E-state index contributed by atoms with van der Waals surface area (Å²) in [6, 6.07) is 7.72. The van der Waals surface area contributed by atoms with E-state index in [4.69, 9.17) is 10.5 Å². The predicted octanol–water partition coefficient (Wildman–Crippen LogP) is 1.84. The molecule has 0 aliphatic carbocycles. The van der Waals surface area contributed by atoms with Crippen LogP contribution in [-0.4, -0.2) is 36.6 Å². The number of aryl methyl sites for hydroxylation is 1. The highest BCUT2D eigenvalue weighted by atomic mass is 16.5. The van der Waals surface area contributed by atoms with Gasteiger partial charge >= 0.3 is 0 Å². The highest BCUT2D eigenvalue weighted by Crippen LogP contribution is 2.11. The van der Waals surface area contributed by atoms with Crippen molar-refractivity contribution in [3.05, 3.63) is 29.8 Å². The molecule has 1 aliphatic rings. The number of benzene rings is 1. The molecule has 1 fully saturated rings. The zero-order valence-electron chi connectivity index (χ0n) is 11.5. The Labute approximate surface area is 114 Å². The lowest BCUT2D eigenvalue weighted by Crippen LogP contribution is -2.36. The van der Waals surface area contributed by atoms with Gasteiger partial charge in [0.2, 0.25) is 5.91 Å². The number of anilines is 1. The molecule has 1 unspecified atom stereocenters. The number of rotatable bonds is 3. The lowest BCUT2D eigenvalue weighted by atomic mass is 10.1. The average molecular weight is 262 g/mol. The molecule has 1 amide bonds. The maximum atomic E-state index is 12.2. The lowest BCUT2D eigenvalue weighted by Gasteiger charge is -2.22. The van der Waals surface area contributed by atoms with Crippen LogP contribution in [0.2, 0.25) is 0 Å². The van der Waals surface area contributed by atoms with Crippen LogP contribution in [0.5, 0.6) is 0 Å². The van der Waals surface area contributed by atoms with Crippen LogP contribution in [0, 0.1) is 0 Å². The Balaban J connectivity index is 1.84. The van der Waals surface area contributed by atoms with Crippen molar-refractivity contribution in [1.82, 2.24) is 4.90 Å². The molecule has 4 nitrogen and oxygen atoms in total. The number of carbonyl (C=O) groups is 1. The van der Waals surface area contributed by atoms with E-state index in [9.17, 15) is 4.79 Å². The van der Waals surface area contributed by atoms with E-state index in [1.807, 2.05) is 36.1 Å². The van der Waals surface area contributed by atoms with Crippen molar-refractivity contribution in [3.63, 3.8) is 0 Å². The molecule has 0 bridgehead atoms. The second kappa shape index (κ2) is 6.57. The Bertz CT molecular complexity index is 417. The minimum absolute atomic E-state index is 0.142. The van der Waals surface area contributed by atoms with Gasteiger partial charge in [0, 0.05) is 31.8 Å². The zero-order chi connectivity index (χ0) is 13.7. The number of carbonyl (C=O) groups excluding carboxylic acids is 1. The number of nitrogens with zero attached hydrogens (tertiary/aromatic N) is 1. The van der Waals surface area contributed by atoms with Gasteiger partial charge < -0.3 is 15.4 Å². The third-order valence-corrected chi connectivity index (χ3v) is 3.41. The number of nitrogens with two attached hydrogens (primary N) is 1. The summed E-state index contributed by atoms with van der Waals surface area (Å²) >= 11 is 0. The summed E-state index contributed by atoms with van der Waals surface area (Å²) in [6.07, 6.45) is 2.39. The molecule has 1 saturated heterocycles. The predicted molar refractivity (Wildman–Crippen MR) is 75.8 cm³/mol. The van der Waals surface area contributed by atoms with E-state index < -0.39 is 0 Å². The lowest BCUT2D eigenvalue weighted by molar-refractivity contribution is -0.131. The van der Waals surface area contributed by atoms with Crippen LogP contribution < -0.4 is 5.73 Å². The van der Waals surface area contributed by atoms with Crippen molar-refractivity contribution in [3.8, 4) is 0 Å². The summed E-state index contributed by atoms with van der Waals surface area (Å²) in [5.74, 6) is 0.217. The van der Waals surface area contributed by atoms with Crippen LogP contribution in [0.4, 0.5) is 5.69 Å². The van der Waals surface area contributed by atoms with E-state index in [-0.39, 0.29) is 12.0 Å². The van der Waals surface area contributed by atoms with Crippen molar-refractivity contribution in [2.24, 2.45) is 0 Å². The maximum absolute atomic E-state index is 12.2. The number of nitrogen functional groups attached to an aromatic ring is 1. The molecule has 0 aromatic heterocycles. The molecule has 104 valence electrons. The van der Waals surface area contributed by atoms with Gasteiger partial charge in [0.25, 0.3) is 0 Å². The fraction of sp³-hybridized carbons (Fsp3) is 0.533. The molecule has 0 radical (unpaired) electrons. The van der Waals surface area contributed by atoms with Crippen LogP contribution >= 0.6 is 0 Å². The Hall–Kier alpha value is -1.55. The van der Waals surface area contributed by atoms with E-state index >= 15 is 0 Å². The van der Waals surface area contributed by atoms with Crippen molar-refractivity contribution >= 4 is 11.6 Å². The van der Waals surface area contributed by atoms with Crippen LogP contribution in [0.25, 0.3) is 0 Å². The molecule has 19 heavy (non-hydrogen) atoms. The summed E-state index contributed by atoms with van der Waals surface area (Å²) in [6.45, 7) is 4.29. The topological polar surface area (TPSA) is 55.6 Å². The van der Waals surface area contributed by atoms with Crippen molar-refractivity contribution in [1.29, 1.82) is 0 Å². The summed E-state index contributed by atoms with van der Waals surface area (Å²) < 4.78 is 5.55. The Morgan fingerprint density at radius 3 is 2.89 bits per heavy atom. The molecular weight excluding hydrogens is 240 g/mol. The molecule has 1 aromatic carbocycles. The fourth-order valence-electron chi connectivity index (χ4n) is 2.31. The summed E-state index contributed by atoms with van der Waals surface area (Å²) in [7, 11) is 0. The molecular formula is C15H22N2O2. The molecule has 2 N–H and O–H groups in total. The second-order valence-electron chi connectivity index (χ2n) is 5.12. The summed E-state index contributed by atoms with van der Waals surface area (Å²) in [4.78, 5) is 14.1. The molecule has 1 aromatic rings. The van der Waals surface area contributed by atoms with E-state index in [0.717, 1.165) is 37.2 Å². The van der Waals surface area contributed by atoms with E-state index in [0.29, 0.717) is 13.0 Å². The first-order valence-corrected chi connectivity index (χ1v) is 6.89. The quantitative estimate of drug-likeness (QED) is 0.846. The number of amides is 1. The van der Waals surface area contributed by atoms with E-state index in [1.165, 1.54) is 0 Å². The highest BCUT2D eigenvalue weighted by molar-refractivity contribution is 5.76. The molecule has 1 aliphatic heterocycles. The smallest absolute Gasteiger partial charge is 0.222 e. The minimum Gasteiger partial charge on any atom is -0.399 e. The molecule has 2 rings (SSSR count). The Kier molecular flexibility index (Phi) is 4.80. The summed E-state index contributed by atoms with van der Waals surface area (Å²) in [5.41, 5.74) is 7.56. The number of hydrogen-bond donors (Lipinski definition) is 1. The van der Waals surface area contributed by atoms with Crippen molar-refractivity contribution < 1.29 is 9.53 Å². The third kappa shape index (κ3) is 4.24. The van der Waals surface area contributed by atoms with Crippen LogP contribution in [-0.2, 0) is 16.0 Å². The number of ether oxygens (including phenoxy) is 1. The van der Waals surface area contributed by atoms with Gasteiger partial charge in [0.1, 0.15) is 0 Å². The fourth-order valence-corrected chi connectivity index (χ4v) is 2.31. The van der Waals surface area contributed by atoms with Crippen LogP contribution in [0.3, 0.4) is 0 Å².